The van der Waals surface area contributed by atoms with Gasteiger partial charge in [-0.15, -0.1) is 0 Å². The zero-order valence-electron chi connectivity index (χ0n) is 17.9. The van der Waals surface area contributed by atoms with E-state index >= 15 is 0 Å². The molecule has 0 bridgehead atoms. The monoisotopic (exact) mass is 400 g/mol. The number of aromatic nitrogens is 2. The van der Waals surface area contributed by atoms with Crippen molar-refractivity contribution in [3.05, 3.63) is 41.5 Å². The van der Waals surface area contributed by atoms with Gasteiger partial charge in [-0.1, -0.05) is 17.3 Å². The molecule has 0 amide bonds. The molecule has 8 nitrogen and oxygen atoms in total. The number of nitrogens with zero attached hydrogens (tertiary/aromatic N) is 5. The Balaban J connectivity index is 1.60. The molecule has 29 heavy (non-hydrogen) atoms. The van der Waals surface area contributed by atoms with E-state index in [0.717, 1.165) is 38.7 Å². The molecule has 1 unspecified atom stereocenters. The maximum atomic E-state index is 5.51. The number of nitrogens with one attached hydrogen (secondary N) is 1. The van der Waals surface area contributed by atoms with E-state index in [9.17, 15) is 0 Å². The minimum atomic E-state index is -0.176. The Hall–Kier alpha value is -2.61. The van der Waals surface area contributed by atoms with Gasteiger partial charge in [-0.05, 0) is 45.4 Å². The maximum absolute atomic E-state index is 5.51. The number of aliphatic imine (C=N–C) groups is 1. The van der Waals surface area contributed by atoms with Crippen molar-refractivity contribution >= 4 is 11.6 Å². The molecule has 0 saturated carbocycles. The summed E-state index contributed by atoms with van der Waals surface area (Å²) < 4.78 is 10.8. The molecule has 2 aromatic rings. The second-order valence-corrected chi connectivity index (χ2v) is 7.13. The van der Waals surface area contributed by atoms with Crippen molar-refractivity contribution in [2.24, 2.45) is 4.99 Å². The topological polar surface area (TPSA) is 79.0 Å². The molecule has 1 aliphatic rings. The molecule has 0 spiro atoms. The summed E-state index contributed by atoms with van der Waals surface area (Å²) >= 11 is 0. The molecule has 1 aliphatic heterocycles. The number of ether oxygens (including phenoxy) is 1. The highest BCUT2D eigenvalue weighted by molar-refractivity contribution is 5.80. The van der Waals surface area contributed by atoms with E-state index in [4.69, 9.17) is 14.3 Å². The normalized spacial score (nSPS) is 16.2. The van der Waals surface area contributed by atoms with Crippen LogP contribution in [-0.4, -0.2) is 60.3 Å². The van der Waals surface area contributed by atoms with Gasteiger partial charge in [0.25, 0.3) is 0 Å². The van der Waals surface area contributed by atoms with Gasteiger partial charge >= 0.3 is 0 Å². The summed E-state index contributed by atoms with van der Waals surface area (Å²) in [6, 6.07) is 8.67. The molecule has 8 heteroatoms. The van der Waals surface area contributed by atoms with Crippen molar-refractivity contribution in [2.75, 3.05) is 44.2 Å². The van der Waals surface area contributed by atoms with E-state index in [1.807, 2.05) is 13.8 Å². The molecule has 1 aromatic carbocycles. The molecule has 3 rings (SSSR count). The molecule has 1 atom stereocenters. The predicted octanol–water partition coefficient (Wildman–Crippen LogP) is 2.76. The first-order valence-electron chi connectivity index (χ1n) is 10.4. The van der Waals surface area contributed by atoms with Gasteiger partial charge in [0.15, 0.2) is 11.8 Å². The van der Waals surface area contributed by atoms with E-state index in [1.54, 1.807) is 0 Å². The lowest BCUT2D eigenvalue weighted by molar-refractivity contribution is 0.0683. The number of hydrogen-bond donors (Lipinski definition) is 1. The number of aryl methyl sites for hydroxylation is 1. The van der Waals surface area contributed by atoms with Crippen molar-refractivity contribution in [1.82, 2.24) is 20.4 Å². The molecule has 1 fully saturated rings. The lowest BCUT2D eigenvalue weighted by Crippen LogP contribution is -2.52. The molecule has 1 saturated heterocycles. The van der Waals surface area contributed by atoms with Crippen molar-refractivity contribution in [3.63, 3.8) is 0 Å². The third-order valence-corrected chi connectivity index (χ3v) is 4.91. The van der Waals surface area contributed by atoms with Gasteiger partial charge in [0.1, 0.15) is 12.6 Å². The SMILES string of the molecule is CCNC(=NCc1nc(C(C)OCC)no1)N1CCN(c2cccc(C)c2)CC1. The van der Waals surface area contributed by atoms with Gasteiger partial charge in [-0.25, -0.2) is 4.99 Å². The molecule has 0 aliphatic carbocycles. The van der Waals surface area contributed by atoms with E-state index in [1.165, 1.54) is 11.3 Å². The first kappa shape index (κ1) is 21.1. The average molecular weight is 401 g/mol. The summed E-state index contributed by atoms with van der Waals surface area (Å²) in [7, 11) is 0. The second-order valence-electron chi connectivity index (χ2n) is 7.13. The Labute approximate surface area is 172 Å². The fraction of sp³-hybridized carbons (Fsp3) is 0.571. The molecular weight excluding hydrogens is 368 g/mol. The third kappa shape index (κ3) is 5.69. The Kier molecular flexibility index (Phi) is 7.46. The van der Waals surface area contributed by atoms with Crippen LogP contribution in [-0.2, 0) is 11.3 Å². The summed E-state index contributed by atoms with van der Waals surface area (Å²) in [6.45, 7) is 13.6. The zero-order valence-corrected chi connectivity index (χ0v) is 17.9. The third-order valence-electron chi connectivity index (χ3n) is 4.91. The highest BCUT2D eigenvalue weighted by Gasteiger charge is 2.20. The predicted molar refractivity (Wildman–Crippen MR) is 114 cm³/mol. The minimum Gasteiger partial charge on any atom is -0.371 e. The van der Waals surface area contributed by atoms with Gasteiger partial charge in [-0.2, -0.15) is 4.98 Å². The number of guanidine groups is 1. The van der Waals surface area contributed by atoms with Crippen LogP contribution in [0.25, 0.3) is 0 Å². The first-order chi connectivity index (χ1) is 14.1. The summed E-state index contributed by atoms with van der Waals surface area (Å²) in [4.78, 5) is 13.8. The smallest absolute Gasteiger partial charge is 0.248 e. The van der Waals surface area contributed by atoms with Crippen LogP contribution in [0, 0.1) is 6.92 Å². The van der Waals surface area contributed by atoms with Gasteiger partial charge in [0.05, 0.1) is 0 Å². The molecule has 2 heterocycles. The van der Waals surface area contributed by atoms with Crippen LogP contribution >= 0.6 is 0 Å². The quantitative estimate of drug-likeness (QED) is 0.565. The van der Waals surface area contributed by atoms with E-state index in [0.29, 0.717) is 24.9 Å². The lowest BCUT2D eigenvalue weighted by Gasteiger charge is -2.37. The Morgan fingerprint density at radius 1 is 1.28 bits per heavy atom. The van der Waals surface area contributed by atoms with Crippen molar-refractivity contribution in [3.8, 4) is 0 Å². The summed E-state index contributed by atoms with van der Waals surface area (Å²) in [6.07, 6.45) is -0.176. The second kappa shape index (κ2) is 10.2. The largest absolute Gasteiger partial charge is 0.371 e. The van der Waals surface area contributed by atoms with Gasteiger partial charge in [-0.3, -0.25) is 0 Å². The van der Waals surface area contributed by atoms with Crippen LogP contribution in [0.3, 0.4) is 0 Å². The van der Waals surface area contributed by atoms with E-state index in [-0.39, 0.29) is 6.10 Å². The van der Waals surface area contributed by atoms with Crippen molar-refractivity contribution in [1.29, 1.82) is 0 Å². The number of benzene rings is 1. The Bertz CT molecular complexity index is 798. The van der Waals surface area contributed by atoms with Gasteiger partial charge in [0.2, 0.25) is 5.89 Å². The minimum absolute atomic E-state index is 0.176. The van der Waals surface area contributed by atoms with Crippen molar-refractivity contribution in [2.45, 2.75) is 40.3 Å². The molecule has 158 valence electrons. The molecule has 1 N–H and O–H groups in total. The Morgan fingerprint density at radius 2 is 2.07 bits per heavy atom. The van der Waals surface area contributed by atoms with Crippen LogP contribution in [0.15, 0.2) is 33.8 Å². The zero-order chi connectivity index (χ0) is 20.6. The van der Waals surface area contributed by atoms with Crippen LogP contribution in [0.5, 0.6) is 0 Å². The molecule has 0 radical (unpaired) electrons. The number of hydrogen-bond acceptors (Lipinski definition) is 6. The average Bonchev–Trinajstić information content (AvgIpc) is 3.21. The number of anilines is 1. The summed E-state index contributed by atoms with van der Waals surface area (Å²) in [5, 5.41) is 7.38. The maximum Gasteiger partial charge on any atom is 0.248 e. The standard InChI is InChI=1S/C21H32N6O2/c1-5-22-21(23-15-19-24-20(25-29-19)17(4)28-6-2)27-12-10-26(11-13-27)18-9-7-8-16(3)14-18/h7-9,14,17H,5-6,10-13,15H2,1-4H3,(H,22,23). The highest BCUT2D eigenvalue weighted by atomic mass is 16.5. The highest BCUT2D eigenvalue weighted by Crippen LogP contribution is 2.18. The Morgan fingerprint density at radius 3 is 2.76 bits per heavy atom. The number of piperazine rings is 1. The van der Waals surface area contributed by atoms with Crippen molar-refractivity contribution < 1.29 is 9.26 Å². The summed E-state index contributed by atoms with van der Waals surface area (Å²) in [5.74, 6) is 1.95. The summed E-state index contributed by atoms with van der Waals surface area (Å²) in [5.41, 5.74) is 2.57. The van der Waals surface area contributed by atoms with Crippen LogP contribution in [0.2, 0.25) is 0 Å². The van der Waals surface area contributed by atoms with Gasteiger partial charge < -0.3 is 24.4 Å². The van der Waals surface area contributed by atoms with Crippen LogP contribution in [0.1, 0.15) is 44.2 Å². The first-order valence-corrected chi connectivity index (χ1v) is 10.4. The van der Waals surface area contributed by atoms with Crippen LogP contribution in [0.4, 0.5) is 5.69 Å². The van der Waals surface area contributed by atoms with E-state index < -0.39 is 0 Å². The number of rotatable bonds is 7. The fourth-order valence-electron chi connectivity index (χ4n) is 3.39. The fourth-order valence-corrected chi connectivity index (χ4v) is 3.39. The lowest BCUT2D eigenvalue weighted by atomic mass is 10.2. The van der Waals surface area contributed by atoms with E-state index in [2.05, 4.69) is 63.4 Å². The van der Waals surface area contributed by atoms with Gasteiger partial charge in [0, 0.05) is 45.0 Å². The van der Waals surface area contributed by atoms with Crippen LogP contribution < -0.4 is 10.2 Å². The molecule has 1 aromatic heterocycles. The molecular formula is C21H32N6O2.